The van der Waals surface area contributed by atoms with Gasteiger partial charge in [0, 0.05) is 17.5 Å². The van der Waals surface area contributed by atoms with Gasteiger partial charge in [-0.05, 0) is 23.1 Å². The van der Waals surface area contributed by atoms with E-state index in [2.05, 4.69) is 57.2 Å². The normalized spacial score (nSPS) is 17.2. The van der Waals surface area contributed by atoms with Crippen molar-refractivity contribution in [1.29, 1.82) is 0 Å². The van der Waals surface area contributed by atoms with E-state index >= 15 is 0 Å². The molecule has 0 spiro atoms. The van der Waals surface area contributed by atoms with E-state index in [0.29, 0.717) is 0 Å². The third-order valence-corrected chi connectivity index (χ3v) is 4.04. The van der Waals surface area contributed by atoms with E-state index in [1.54, 1.807) is 7.11 Å². The maximum absolute atomic E-state index is 6.17. The fourth-order valence-electron chi connectivity index (χ4n) is 2.87. The predicted molar refractivity (Wildman–Crippen MR) is 85.2 cm³/mol. The van der Waals surface area contributed by atoms with Crippen molar-refractivity contribution in [2.75, 3.05) is 7.11 Å². The highest BCUT2D eigenvalue weighted by molar-refractivity contribution is 5.51. The van der Waals surface area contributed by atoms with Gasteiger partial charge in [-0.2, -0.15) is 0 Å². The van der Waals surface area contributed by atoms with Gasteiger partial charge in [0.15, 0.2) is 0 Å². The van der Waals surface area contributed by atoms with Crippen LogP contribution in [0.4, 0.5) is 0 Å². The second-order valence-electron chi connectivity index (χ2n) is 6.63. The van der Waals surface area contributed by atoms with Gasteiger partial charge in [-0.1, -0.05) is 51.1 Å². The highest BCUT2D eigenvalue weighted by atomic mass is 16.5. The highest BCUT2D eigenvalue weighted by Gasteiger charge is 2.28. The first-order chi connectivity index (χ1) is 9.99. The molecule has 2 heteroatoms. The summed E-state index contributed by atoms with van der Waals surface area (Å²) in [6, 6.07) is 14.7. The van der Waals surface area contributed by atoms with Crippen molar-refractivity contribution in [3.8, 4) is 11.5 Å². The Kier molecular flexibility index (Phi) is 3.40. The van der Waals surface area contributed by atoms with Crippen molar-refractivity contribution < 1.29 is 9.47 Å². The molecule has 0 bridgehead atoms. The van der Waals surface area contributed by atoms with Crippen LogP contribution in [0.3, 0.4) is 0 Å². The van der Waals surface area contributed by atoms with E-state index < -0.39 is 0 Å². The summed E-state index contributed by atoms with van der Waals surface area (Å²) in [4.78, 5) is 0. The van der Waals surface area contributed by atoms with Crippen molar-refractivity contribution in [1.82, 2.24) is 0 Å². The van der Waals surface area contributed by atoms with Crippen LogP contribution in [-0.4, -0.2) is 7.11 Å². The lowest BCUT2D eigenvalue weighted by Crippen LogP contribution is -2.13. The van der Waals surface area contributed by atoms with Gasteiger partial charge in [0.05, 0.1) is 7.11 Å². The summed E-state index contributed by atoms with van der Waals surface area (Å²) in [5.74, 6) is 1.95. The number of hydrogen-bond acceptors (Lipinski definition) is 2. The predicted octanol–water partition coefficient (Wildman–Crippen LogP) is 4.67. The van der Waals surface area contributed by atoms with E-state index in [1.807, 2.05) is 6.07 Å². The van der Waals surface area contributed by atoms with E-state index in [1.165, 1.54) is 16.7 Å². The van der Waals surface area contributed by atoms with Crippen LogP contribution in [-0.2, 0) is 11.8 Å². The Balaban J connectivity index is 1.97. The summed E-state index contributed by atoms with van der Waals surface area (Å²) in [6.45, 7) is 6.59. The van der Waals surface area contributed by atoms with Gasteiger partial charge in [-0.3, -0.25) is 0 Å². The van der Waals surface area contributed by atoms with Crippen molar-refractivity contribution in [2.24, 2.45) is 0 Å². The number of hydrogen-bond donors (Lipinski definition) is 0. The van der Waals surface area contributed by atoms with Gasteiger partial charge < -0.3 is 9.47 Å². The Labute approximate surface area is 126 Å². The van der Waals surface area contributed by atoms with Gasteiger partial charge >= 0.3 is 0 Å². The van der Waals surface area contributed by atoms with Gasteiger partial charge in [-0.15, -0.1) is 0 Å². The lowest BCUT2D eigenvalue weighted by Gasteiger charge is -2.22. The number of methoxy groups -OCH3 is 1. The molecule has 2 aromatic rings. The smallest absolute Gasteiger partial charge is 0.128 e. The first-order valence-electron chi connectivity index (χ1n) is 7.42. The number of rotatable bonds is 2. The first kappa shape index (κ1) is 14.0. The quantitative estimate of drug-likeness (QED) is 0.797. The molecule has 0 radical (unpaired) electrons. The maximum atomic E-state index is 6.17. The van der Waals surface area contributed by atoms with Gasteiger partial charge in [0.2, 0.25) is 0 Å². The molecule has 2 nitrogen and oxygen atoms in total. The zero-order valence-electron chi connectivity index (χ0n) is 13.1. The second-order valence-corrected chi connectivity index (χ2v) is 6.63. The first-order valence-corrected chi connectivity index (χ1v) is 7.42. The van der Waals surface area contributed by atoms with Crippen LogP contribution >= 0.6 is 0 Å². The summed E-state index contributed by atoms with van der Waals surface area (Å²) in [5, 5.41) is 0. The van der Waals surface area contributed by atoms with Crippen molar-refractivity contribution in [2.45, 2.75) is 38.7 Å². The largest absolute Gasteiger partial charge is 0.496 e. The van der Waals surface area contributed by atoms with Crippen molar-refractivity contribution >= 4 is 0 Å². The number of benzene rings is 2. The highest BCUT2D eigenvalue weighted by Crippen LogP contribution is 2.43. The molecule has 110 valence electrons. The molecule has 1 aliphatic rings. The molecule has 0 N–H and O–H groups in total. The molecule has 0 fully saturated rings. The van der Waals surface area contributed by atoms with Crippen molar-refractivity contribution in [3.63, 3.8) is 0 Å². The van der Waals surface area contributed by atoms with Crippen LogP contribution in [0.25, 0.3) is 0 Å². The lowest BCUT2D eigenvalue weighted by atomic mass is 9.85. The van der Waals surface area contributed by atoms with Gasteiger partial charge in [0.1, 0.15) is 17.6 Å². The second kappa shape index (κ2) is 5.10. The maximum Gasteiger partial charge on any atom is 0.128 e. The van der Waals surface area contributed by atoms with Crippen LogP contribution in [0.5, 0.6) is 11.5 Å². The Morgan fingerprint density at radius 2 is 1.81 bits per heavy atom. The third-order valence-electron chi connectivity index (χ3n) is 4.04. The molecular formula is C19H22O2. The lowest BCUT2D eigenvalue weighted by molar-refractivity contribution is 0.238. The van der Waals surface area contributed by atoms with E-state index in [0.717, 1.165) is 17.9 Å². The third kappa shape index (κ3) is 2.63. The summed E-state index contributed by atoms with van der Waals surface area (Å²) >= 11 is 0. The van der Waals surface area contributed by atoms with E-state index in [-0.39, 0.29) is 11.5 Å². The molecule has 0 saturated heterocycles. The fraction of sp³-hybridized carbons (Fsp3) is 0.368. The minimum Gasteiger partial charge on any atom is -0.496 e. The molecular weight excluding hydrogens is 260 g/mol. The fourth-order valence-corrected chi connectivity index (χ4v) is 2.87. The Morgan fingerprint density at radius 1 is 1.10 bits per heavy atom. The van der Waals surface area contributed by atoms with Crippen LogP contribution < -0.4 is 9.47 Å². The van der Waals surface area contributed by atoms with E-state index in [4.69, 9.17) is 9.47 Å². The molecule has 0 aliphatic carbocycles. The molecule has 3 rings (SSSR count). The average molecular weight is 282 g/mol. The summed E-state index contributed by atoms with van der Waals surface area (Å²) in [7, 11) is 1.74. The van der Waals surface area contributed by atoms with Crippen LogP contribution in [0, 0.1) is 0 Å². The zero-order valence-corrected chi connectivity index (χ0v) is 13.1. The van der Waals surface area contributed by atoms with Crippen LogP contribution in [0.2, 0.25) is 0 Å². The summed E-state index contributed by atoms with van der Waals surface area (Å²) < 4.78 is 11.8. The summed E-state index contributed by atoms with van der Waals surface area (Å²) in [6.07, 6.45) is 1.02. The van der Waals surface area contributed by atoms with Crippen molar-refractivity contribution in [3.05, 3.63) is 59.2 Å². The minimum atomic E-state index is 0.0363. The zero-order chi connectivity index (χ0) is 15.0. The molecule has 1 unspecified atom stereocenters. The average Bonchev–Trinajstić information content (AvgIpc) is 2.88. The Bertz CT molecular complexity index is 639. The molecule has 0 saturated carbocycles. The van der Waals surface area contributed by atoms with E-state index in [9.17, 15) is 0 Å². The van der Waals surface area contributed by atoms with Crippen LogP contribution in [0.1, 0.15) is 43.6 Å². The molecule has 1 heterocycles. The minimum absolute atomic E-state index is 0.0363. The number of fused-ring (bicyclic) bond motifs is 1. The monoisotopic (exact) mass is 282 g/mol. The number of ether oxygens (including phenoxy) is 2. The Hall–Kier alpha value is -1.96. The standard InChI is InChI=1S/C19H22O2/c1-19(2,3)15-12-17-14(11-18(15)20-4)10-16(21-17)13-8-6-5-7-9-13/h5-9,11-12,16H,10H2,1-4H3. The van der Waals surface area contributed by atoms with Crippen LogP contribution in [0.15, 0.2) is 42.5 Å². The van der Waals surface area contributed by atoms with Gasteiger partial charge in [-0.25, -0.2) is 0 Å². The molecule has 1 aliphatic heterocycles. The SMILES string of the molecule is COc1cc2c(cc1C(C)(C)C)OC(c1ccccc1)C2. The molecule has 2 aromatic carbocycles. The van der Waals surface area contributed by atoms with Gasteiger partial charge in [0.25, 0.3) is 0 Å². The topological polar surface area (TPSA) is 18.5 Å². The molecule has 0 aromatic heterocycles. The molecule has 1 atom stereocenters. The summed E-state index contributed by atoms with van der Waals surface area (Å²) in [5.41, 5.74) is 3.69. The molecule has 21 heavy (non-hydrogen) atoms. The Morgan fingerprint density at radius 3 is 2.43 bits per heavy atom. The molecule has 0 amide bonds.